The van der Waals surface area contributed by atoms with Gasteiger partial charge < -0.3 is 28.7 Å². The van der Waals surface area contributed by atoms with Crippen molar-refractivity contribution in [2.45, 2.75) is 12.0 Å². The monoisotopic (exact) mass is 475 g/mol. The maximum atomic E-state index is 13.4. The summed E-state index contributed by atoms with van der Waals surface area (Å²) in [6.45, 7) is 0.0220. The van der Waals surface area contributed by atoms with Crippen LogP contribution >= 0.6 is 0 Å². The second-order valence-electron chi connectivity index (χ2n) is 8.10. The first-order chi connectivity index (χ1) is 17.0. The number of ether oxygens (including phenoxy) is 4. The Bertz CT molecular complexity index is 1530. The molecule has 0 saturated heterocycles. The Hall–Kier alpha value is -4.53. The van der Waals surface area contributed by atoms with Crippen LogP contribution in [0.2, 0.25) is 0 Å². The molecule has 0 spiro atoms. The summed E-state index contributed by atoms with van der Waals surface area (Å²) in [5.74, 6) is -0.248. The van der Waals surface area contributed by atoms with Gasteiger partial charge >= 0.3 is 5.63 Å². The molecule has 0 unspecified atom stereocenters. The van der Waals surface area contributed by atoms with Crippen LogP contribution in [0.25, 0.3) is 11.0 Å². The van der Waals surface area contributed by atoms with Crippen LogP contribution in [0, 0.1) is 5.82 Å². The zero-order valence-corrected chi connectivity index (χ0v) is 18.4. The summed E-state index contributed by atoms with van der Waals surface area (Å²) in [4.78, 5) is 26.6. The average molecular weight is 475 g/mol. The molecule has 2 aliphatic rings. The molecule has 0 bridgehead atoms. The van der Waals surface area contributed by atoms with E-state index in [2.05, 4.69) is 5.32 Å². The molecule has 3 heterocycles. The molecule has 1 amide bonds. The largest absolute Gasteiger partial charge is 0.493 e. The molecule has 2 aliphatic heterocycles. The first-order valence-corrected chi connectivity index (χ1v) is 10.8. The minimum absolute atomic E-state index is 0.0220. The van der Waals surface area contributed by atoms with Crippen molar-refractivity contribution in [2.24, 2.45) is 0 Å². The Morgan fingerprint density at radius 3 is 2.66 bits per heavy atom. The predicted molar refractivity (Wildman–Crippen MR) is 123 cm³/mol. The van der Waals surface area contributed by atoms with Gasteiger partial charge in [-0.05, 0) is 54.1 Å². The number of nitrogens with one attached hydrogen (secondary N) is 1. The maximum absolute atomic E-state index is 13.4. The van der Waals surface area contributed by atoms with Gasteiger partial charge in [-0.1, -0.05) is 12.1 Å². The molecule has 176 valence electrons. The van der Waals surface area contributed by atoms with Gasteiger partial charge in [0.15, 0.2) is 17.6 Å². The van der Waals surface area contributed by atoms with E-state index in [-0.39, 0.29) is 18.1 Å². The molecule has 35 heavy (non-hydrogen) atoms. The average Bonchev–Trinajstić information content (AvgIpc) is 3.50. The molecule has 8 nitrogen and oxygen atoms in total. The molecule has 0 aliphatic carbocycles. The number of hydrogen-bond donors (Lipinski definition) is 1. The number of anilines is 1. The lowest BCUT2D eigenvalue weighted by molar-refractivity contribution is -0.122. The second-order valence-corrected chi connectivity index (χ2v) is 8.10. The highest BCUT2D eigenvalue weighted by Crippen LogP contribution is 2.49. The molecule has 0 fully saturated rings. The Kier molecular flexibility index (Phi) is 4.84. The molecule has 9 heteroatoms. The van der Waals surface area contributed by atoms with E-state index in [0.717, 1.165) is 0 Å². The number of hydrogen-bond acceptors (Lipinski definition) is 7. The summed E-state index contributed by atoms with van der Waals surface area (Å²) in [6.07, 6.45) is -1.13. The molecule has 4 aromatic rings. The summed E-state index contributed by atoms with van der Waals surface area (Å²) in [6, 6.07) is 15.7. The van der Waals surface area contributed by atoms with Crippen LogP contribution in [-0.4, -0.2) is 25.9 Å². The Morgan fingerprint density at radius 1 is 1.06 bits per heavy atom. The van der Waals surface area contributed by atoms with Gasteiger partial charge in [-0.25, -0.2) is 9.18 Å². The molecule has 0 radical (unpaired) electrons. The van der Waals surface area contributed by atoms with Gasteiger partial charge in [0.25, 0.3) is 5.91 Å². The summed E-state index contributed by atoms with van der Waals surface area (Å²) in [5.41, 5.74) is 0.876. The molecular weight excluding hydrogens is 457 g/mol. The minimum Gasteiger partial charge on any atom is -0.493 e. The lowest BCUT2D eigenvalue weighted by Crippen LogP contribution is -2.35. The molecule has 2 atom stereocenters. The van der Waals surface area contributed by atoms with Gasteiger partial charge in [0.05, 0.1) is 24.0 Å². The zero-order valence-electron chi connectivity index (χ0n) is 18.4. The summed E-state index contributed by atoms with van der Waals surface area (Å²) >= 11 is 0. The van der Waals surface area contributed by atoms with Crippen LogP contribution in [0.5, 0.6) is 23.0 Å². The first kappa shape index (κ1) is 21.0. The van der Waals surface area contributed by atoms with Crippen LogP contribution < -0.4 is 29.9 Å². The van der Waals surface area contributed by atoms with E-state index >= 15 is 0 Å². The number of benzene rings is 3. The fourth-order valence-electron chi connectivity index (χ4n) is 4.50. The zero-order chi connectivity index (χ0) is 24.1. The molecule has 3 aromatic carbocycles. The summed E-state index contributed by atoms with van der Waals surface area (Å²) < 4.78 is 41.6. The van der Waals surface area contributed by atoms with Crippen LogP contribution in [-0.2, 0) is 4.79 Å². The van der Waals surface area contributed by atoms with Crippen molar-refractivity contribution in [3.63, 3.8) is 0 Å². The minimum atomic E-state index is -1.13. The van der Waals surface area contributed by atoms with Crippen molar-refractivity contribution < 1.29 is 32.5 Å². The molecule has 1 N–H and O–H groups in total. The number of carbonyl (C=O) groups excluding carboxylic acids is 1. The standard InChI is InChI=1S/C26H18FNO7/c1-31-18-10-13(11-19-23(18)33-12-32-19)20-21-22(16-4-2-3-5-17(16)34-26(21)30)35-24(20)25(29)28-15-8-6-14(27)7-9-15/h2-11,20,24H,12H2,1H3,(H,28,29)/t20-,24+/m1/s1. The highest BCUT2D eigenvalue weighted by Gasteiger charge is 2.45. The van der Waals surface area contributed by atoms with E-state index in [1.807, 2.05) is 0 Å². The van der Waals surface area contributed by atoms with Crippen molar-refractivity contribution in [3.05, 3.63) is 88.0 Å². The maximum Gasteiger partial charge on any atom is 0.344 e. The van der Waals surface area contributed by atoms with Crippen molar-refractivity contribution >= 4 is 22.6 Å². The van der Waals surface area contributed by atoms with E-state index in [9.17, 15) is 14.0 Å². The van der Waals surface area contributed by atoms with Crippen LogP contribution in [0.3, 0.4) is 0 Å². The summed E-state index contributed by atoms with van der Waals surface area (Å²) in [5, 5.41) is 3.31. The first-order valence-electron chi connectivity index (χ1n) is 10.8. The van der Waals surface area contributed by atoms with Crippen molar-refractivity contribution in [2.75, 3.05) is 19.2 Å². The lowest BCUT2D eigenvalue weighted by Gasteiger charge is -2.20. The van der Waals surface area contributed by atoms with Gasteiger partial charge in [0, 0.05) is 5.69 Å². The highest BCUT2D eigenvalue weighted by atomic mass is 19.1. The number of rotatable bonds is 4. The number of halogens is 1. The smallest absolute Gasteiger partial charge is 0.344 e. The second kappa shape index (κ2) is 8.05. The van der Waals surface area contributed by atoms with E-state index in [1.54, 1.807) is 36.4 Å². The van der Waals surface area contributed by atoms with E-state index in [4.69, 9.17) is 23.4 Å². The fourth-order valence-corrected chi connectivity index (χ4v) is 4.50. The Morgan fingerprint density at radius 2 is 1.86 bits per heavy atom. The fraction of sp³-hybridized carbons (Fsp3) is 0.154. The molecular formula is C26H18FNO7. The molecule has 6 rings (SSSR count). The van der Waals surface area contributed by atoms with Crippen LogP contribution in [0.15, 0.2) is 69.9 Å². The number of carbonyl (C=O) groups is 1. The van der Waals surface area contributed by atoms with Crippen LogP contribution in [0.4, 0.5) is 10.1 Å². The van der Waals surface area contributed by atoms with E-state index in [0.29, 0.717) is 39.5 Å². The number of amides is 1. The molecule has 0 saturated carbocycles. The van der Waals surface area contributed by atoms with Crippen molar-refractivity contribution in [1.82, 2.24) is 0 Å². The van der Waals surface area contributed by atoms with Gasteiger partial charge in [0.1, 0.15) is 17.1 Å². The molecule has 1 aromatic heterocycles. The SMILES string of the molecule is COc1cc([C@@H]2c3c(c4ccccc4oc3=O)O[C@@H]2C(=O)Nc2ccc(F)cc2)cc2c1OCO2. The van der Waals surface area contributed by atoms with E-state index < -0.39 is 29.4 Å². The quantitative estimate of drug-likeness (QED) is 0.442. The van der Waals surface area contributed by atoms with Gasteiger partial charge in [0.2, 0.25) is 12.5 Å². The van der Waals surface area contributed by atoms with Gasteiger partial charge in [-0.2, -0.15) is 0 Å². The summed E-state index contributed by atoms with van der Waals surface area (Å²) in [7, 11) is 1.49. The third-order valence-corrected chi connectivity index (χ3v) is 6.07. The van der Waals surface area contributed by atoms with Crippen LogP contribution in [0.1, 0.15) is 17.0 Å². The van der Waals surface area contributed by atoms with Crippen molar-refractivity contribution in [1.29, 1.82) is 0 Å². The topological polar surface area (TPSA) is 96.2 Å². The normalized spacial score (nSPS) is 17.7. The number of fused-ring (bicyclic) bond motifs is 4. The lowest BCUT2D eigenvalue weighted by atomic mass is 9.87. The van der Waals surface area contributed by atoms with Crippen molar-refractivity contribution in [3.8, 4) is 23.0 Å². The van der Waals surface area contributed by atoms with E-state index in [1.165, 1.54) is 31.4 Å². The van der Waals surface area contributed by atoms with Gasteiger partial charge in [-0.3, -0.25) is 4.79 Å². The number of para-hydroxylation sites is 1. The third-order valence-electron chi connectivity index (χ3n) is 6.07. The highest BCUT2D eigenvalue weighted by molar-refractivity contribution is 5.97. The Balaban J connectivity index is 1.51. The predicted octanol–water partition coefficient (Wildman–Crippen LogP) is 4.20. The van der Waals surface area contributed by atoms with Gasteiger partial charge in [-0.15, -0.1) is 0 Å². The number of methoxy groups -OCH3 is 1. The third kappa shape index (κ3) is 3.43. The Labute approximate surface area is 197 Å².